The van der Waals surface area contributed by atoms with Crippen LogP contribution in [0.2, 0.25) is 4.44 Å². The molecule has 0 aromatic carbocycles. The maximum Gasteiger partial charge on any atom is -0.147 e. The van der Waals surface area contributed by atoms with Gasteiger partial charge >= 0.3 is 72.4 Å². The zero-order valence-corrected chi connectivity index (χ0v) is 13.1. The van der Waals surface area contributed by atoms with E-state index in [-0.39, 0.29) is 37.2 Å². The van der Waals surface area contributed by atoms with Gasteiger partial charge < -0.3 is 0 Å². The number of rotatable bonds is 5. The Balaban J connectivity index is -0.000000107. The second kappa shape index (κ2) is 18.5. The molecule has 0 amide bonds. The Morgan fingerprint density at radius 3 is 1.83 bits per heavy atom. The topological polar surface area (TPSA) is 0 Å². The van der Waals surface area contributed by atoms with E-state index in [4.69, 9.17) is 0 Å². The quantitative estimate of drug-likeness (QED) is 0.662. The fourth-order valence-electron chi connectivity index (χ4n) is 0.943. The van der Waals surface area contributed by atoms with E-state index in [0.717, 1.165) is 5.92 Å². The van der Waals surface area contributed by atoms with Crippen LogP contribution in [0.4, 0.5) is 0 Å². The van der Waals surface area contributed by atoms with Gasteiger partial charge in [-0.2, -0.15) is 0 Å². The van der Waals surface area contributed by atoms with Gasteiger partial charge in [0.25, 0.3) is 0 Å². The molecule has 0 spiro atoms. The first-order chi connectivity index (χ1) is 4.35. The summed E-state index contributed by atoms with van der Waals surface area (Å²) in [5.41, 5.74) is 0. The van der Waals surface area contributed by atoms with Crippen molar-refractivity contribution in [1.82, 2.24) is 0 Å². The van der Waals surface area contributed by atoms with E-state index in [9.17, 15) is 0 Å². The molecule has 0 fully saturated rings. The summed E-state index contributed by atoms with van der Waals surface area (Å²) in [7, 11) is 0. The standard InChI is InChI=1S/C8H17.3ClH.Sn/c1-4-6-7-8(3)5-2;;;;/h8H,3-7H2,1-2H3;3*1H;. The van der Waals surface area contributed by atoms with Crippen LogP contribution in [0.15, 0.2) is 0 Å². The van der Waals surface area contributed by atoms with Gasteiger partial charge in [-0.3, -0.25) is 0 Å². The molecule has 0 saturated heterocycles. The van der Waals surface area contributed by atoms with Gasteiger partial charge in [-0.05, 0) is 0 Å². The normalized spacial score (nSPS) is 10.2. The summed E-state index contributed by atoms with van der Waals surface area (Å²) in [6, 6.07) is 0. The van der Waals surface area contributed by atoms with Gasteiger partial charge in [0.15, 0.2) is 0 Å². The summed E-state index contributed by atoms with van der Waals surface area (Å²) in [4.78, 5) is 0. The monoisotopic (exact) mass is 341 g/mol. The van der Waals surface area contributed by atoms with Gasteiger partial charge in [-0.15, -0.1) is 37.2 Å². The van der Waals surface area contributed by atoms with Gasteiger partial charge in [0, 0.05) is 0 Å². The minimum absolute atomic E-state index is 0. The van der Waals surface area contributed by atoms with Crippen LogP contribution in [-0.4, -0.2) is 22.5 Å². The van der Waals surface area contributed by atoms with Crippen LogP contribution in [0.1, 0.15) is 39.5 Å². The van der Waals surface area contributed by atoms with Crippen LogP contribution < -0.4 is 0 Å². The van der Waals surface area contributed by atoms with Crippen LogP contribution in [0.25, 0.3) is 0 Å². The van der Waals surface area contributed by atoms with Crippen molar-refractivity contribution < 1.29 is 0 Å². The Bertz CT molecular complexity index is 58.3. The minimum Gasteiger partial charge on any atom is -0.147 e. The predicted molar refractivity (Wildman–Crippen MR) is 65.6 cm³/mol. The summed E-state index contributed by atoms with van der Waals surface area (Å²) in [6.07, 6.45) is 5.67. The molecule has 0 N–H and O–H groups in total. The van der Waals surface area contributed by atoms with E-state index >= 15 is 0 Å². The largest absolute Gasteiger partial charge is 0.147 e. The van der Waals surface area contributed by atoms with E-state index in [1.807, 2.05) is 0 Å². The molecule has 77 valence electrons. The SMILES string of the molecule is CCCCC(CC)[CH2][Sn].Cl.Cl.Cl. The molecule has 0 heterocycles. The van der Waals surface area contributed by atoms with Crippen LogP contribution in [-0.2, 0) is 0 Å². The van der Waals surface area contributed by atoms with Crippen molar-refractivity contribution in [2.75, 3.05) is 0 Å². The zero-order valence-electron chi connectivity index (χ0n) is 7.84. The Hall–Kier alpha value is 1.67. The third kappa shape index (κ3) is 14.2. The smallest absolute Gasteiger partial charge is 0.147 e. The summed E-state index contributed by atoms with van der Waals surface area (Å²) >= 11 is 1.71. The number of hydrogen-bond donors (Lipinski definition) is 0. The average Bonchev–Trinajstić information content (AvgIpc) is 1.91. The first kappa shape index (κ1) is 23.5. The van der Waals surface area contributed by atoms with Gasteiger partial charge in [-0.25, -0.2) is 0 Å². The molecular weight excluding hydrogens is 321 g/mol. The Morgan fingerprint density at radius 2 is 1.58 bits per heavy atom. The Morgan fingerprint density at radius 1 is 1.08 bits per heavy atom. The molecule has 3 radical (unpaired) electrons. The fraction of sp³-hybridized carbons (Fsp3) is 1.00. The van der Waals surface area contributed by atoms with Crippen molar-refractivity contribution in [3.8, 4) is 0 Å². The van der Waals surface area contributed by atoms with Crippen LogP contribution in [0.3, 0.4) is 0 Å². The van der Waals surface area contributed by atoms with Crippen molar-refractivity contribution in [1.29, 1.82) is 0 Å². The van der Waals surface area contributed by atoms with Gasteiger partial charge in [0.1, 0.15) is 0 Å². The van der Waals surface area contributed by atoms with Crippen LogP contribution in [0.5, 0.6) is 0 Å². The molecule has 1 atom stereocenters. The molecule has 0 nitrogen and oxygen atoms in total. The summed E-state index contributed by atoms with van der Waals surface area (Å²) in [5, 5.41) is 0. The molecule has 0 aromatic rings. The van der Waals surface area contributed by atoms with Gasteiger partial charge in [-0.1, -0.05) is 0 Å². The molecule has 0 aliphatic rings. The molecule has 0 rings (SSSR count). The van der Waals surface area contributed by atoms with E-state index in [1.54, 1.807) is 22.5 Å². The molecule has 12 heavy (non-hydrogen) atoms. The summed E-state index contributed by atoms with van der Waals surface area (Å²) in [5.74, 6) is 1.04. The molecule has 4 heteroatoms. The van der Waals surface area contributed by atoms with E-state index in [2.05, 4.69) is 13.8 Å². The number of hydrogen-bond acceptors (Lipinski definition) is 0. The van der Waals surface area contributed by atoms with E-state index < -0.39 is 0 Å². The minimum atomic E-state index is 0. The van der Waals surface area contributed by atoms with E-state index in [1.165, 1.54) is 30.1 Å². The van der Waals surface area contributed by atoms with Crippen molar-refractivity contribution in [3.63, 3.8) is 0 Å². The average molecular weight is 341 g/mol. The first-order valence-electron chi connectivity index (χ1n) is 3.99. The van der Waals surface area contributed by atoms with Crippen molar-refractivity contribution in [3.05, 3.63) is 0 Å². The molecule has 0 aliphatic heterocycles. The molecule has 0 aliphatic carbocycles. The maximum absolute atomic E-state index is 2.31. The van der Waals surface area contributed by atoms with E-state index in [0.29, 0.717) is 0 Å². The molecule has 0 bridgehead atoms. The summed E-state index contributed by atoms with van der Waals surface area (Å²) in [6.45, 7) is 4.58. The fourth-order valence-corrected chi connectivity index (χ4v) is 2.35. The Labute approximate surface area is 109 Å². The van der Waals surface area contributed by atoms with Crippen molar-refractivity contribution in [2.24, 2.45) is 5.92 Å². The molecule has 1 unspecified atom stereocenters. The van der Waals surface area contributed by atoms with Gasteiger partial charge in [0.2, 0.25) is 0 Å². The molecule has 0 saturated carbocycles. The summed E-state index contributed by atoms with van der Waals surface area (Å²) < 4.78 is 1.46. The van der Waals surface area contributed by atoms with Crippen LogP contribution >= 0.6 is 37.2 Å². The molecular formula is C8H20Cl3Sn. The number of halogens is 3. The molecule has 0 aromatic heterocycles. The third-order valence-electron chi connectivity index (χ3n) is 1.83. The second-order valence-electron chi connectivity index (χ2n) is 2.62. The van der Waals surface area contributed by atoms with Crippen molar-refractivity contribution >= 4 is 59.7 Å². The maximum atomic E-state index is 2.31. The van der Waals surface area contributed by atoms with Crippen LogP contribution in [0, 0.1) is 5.92 Å². The first-order valence-corrected chi connectivity index (χ1v) is 6.01. The zero-order chi connectivity index (χ0) is 7.11. The predicted octanol–water partition coefficient (Wildman–Crippen LogP) is 4.06. The van der Waals surface area contributed by atoms with Gasteiger partial charge in [0.05, 0.1) is 0 Å². The Kier molecular flexibility index (Phi) is 36.1. The van der Waals surface area contributed by atoms with Crippen molar-refractivity contribution in [2.45, 2.75) is 44.0 Å². The second-order valence-corrected chi connectivity index (χ2v) is 3.79. The number of unbranched alkanes of at least 4 members (excludes halogenated alkanes) is 1. The third-order valence-corrected chi connectivity index (χ3v) is 3.48.